The standard InChI is InChI=1S/C18H14BrN3O3/c1-25-12-5-2-10(3-6-12)9-22-14-8-11(19)4-7-13(14)15-16(22)17(23)21-18(24)20-15/h2-8H,9H2,1H3,(H2,20,21,23,24). The second kappa shape index (κ2) is 5.93. The molecule has 0 spiro atoms. The molecule has 7 heteroatoms. The van der Waals surface area contributed by atoms with Crippen LogP contribution in [0.15, 0.2) is 56.5 Å². The SMILES string of the molecule is COc1ccc(Cn2c3cc(Br)ccc3c3[nH]c(=O)[nH]c(=O)c32)cc1. The third-order valence-corrected chi connectivity index (χ3v) is 4.70. The number of hydrogen-bond donors (Lipinski definition) is 2. The normalized spacial score (nSPS) is 11.3. The predicted octanol–water partition coefficient (Wildman–Crippen LogP) is 2.99. The minimum atomic E-state index is -0.510. The van der Waals surface area contributed by atoms with Crippen molar-refractivity contribution in [3.05, 3.63) is 73.3 Å². The number of rotatable bonds is 3. The van der Waals surface area contributed by atoms with E-state index in [4.69, 9.17) is 4.74 Å². The van der Waals surface area contributed by atoms with Crippen LogP contribution in [0.25, 0.3) is 21.9 Å². The van der Waals surface area contributed by atoms with Gasteiger partial charge < -0.3 is 14.3 Å². The Labute approximate surface area is 150 Å². The molecule has 4 aromatic rings. The summed E-state index contributed by atoms with van der Waals surface area (Å²) in [5.41, 5.74) is 1.97. The van der Waals surface area contributed by atoms with Gasteiger partial charge in [0, 0.05) is 16.4 Å². The summed E-state index contributed by atoms with van der Waals surface area (Å²) in [7, 11) is 1.62. The van der Waals surface area contributed by atoms with Crippen LogP contribution >= 0.6 is 15.9 Å². The first-order chi connectivity index (χ1) is 12.1. The summed E-state index contributed by atoms with van der Waals surface area (Å²) in [6, 6.07) is 13.4. The largest absolute Gasteiger partial charge is 0.497 e. The summed E-state index contributed by atoms with van der Waals surface area (Å²) < 4.78 is 7.99. The molecule has 0 aliphatic carbocycles. The van der Waals surface area contributed by atoms with Crippen LogP contribution in [0.1, 0.15) is 5.56 Å². The Hall–Kier alpha value is -2.80. The Balaban J connectivity index is 2.00. The Kier molecular flexibility index (Phi) is 3.73. The van der Waals surface area contributed by atoms with Crippen molar-refractivity contribution in [3.63, 3.8) is 0 Å². The van der Waals surface area contributed by atoms with Crippen molar-refractivity contribution in [2.45, 2.75) is 6.54 Å². The molecule has 6 nitrogen and oxygen atoms in total. The number of halogens is 1. The van der Waals surface area contributed by atoms with Gasteiger partial charge in [0.2, 0.25) is 0 Å². The Morgan fingerprint density at radius 3 is 2.56 bits per heavy atom. The van der Waals surface area contributed by atoms with E-state index in [0.29, 0.717) is 17.6 Å². The lowest BCUT2D eigenvalue weighted by Gasteiger charge is -2.08. The van der Waals surface area contributed by atoms with E-state index in [2.05, 4.69) is 25.9 Å². The average Bonchev–Trinajstić information content (AvgIpc) is 2.89. The lowest BCUT2D eigenvalue weighted by atomic mass is 10.2. The number of hydrogen-bond acceptors (Lipinski definition) is 3. The van der Waals surface area contributed by atoms with Crippen molar-refractivity contribution in [1.29, 1.82) is 0 Å². The number of fused-ring (bicyclic) bond motifs is 3. The molecule has 0 saturated carbocycles. The van der Waals surface area contributed by atoms with E-state index in [1.165, 1.54) is 0 Å². The van der Waals surface area contributed by atoms with E-state index in [1.807, 2.05) is 47.0 Å². The highest BCUT2D eigenvalue weighted by molar-refractivity contribution is 9.10. The van der Waals surface area contributed by atoms with Crippen molar-refractivity contribution in [2.75, 3.05) is 7.11 Å². The monoisotopic (exact) mass is 399 g/mol. The maximum atomic E-state index is 12.4. The highest BCUT2D eigenvalue weighted by Gasteiger charge is 2.15. The molecule has 25 heavy (non-hydrogen) atoms. The van der Waals surface area contributed by atoms with Crippen molar-refractivity contribution in [3.8, 4) is 5.75 Å². The van der Waals surface area contributed by atoms with Crippen molar-refractivity contribution in [1.82, 2.24) is 14.5 Å². The number of nitrogens with zero attached hydrogens (tertiary/aromatic N) is 1. The summed E-state index contributed by atoms with van der Waals surface area (Å²) in [6.45, 7) is 0.496. The Morgan fingerprint density at radius 2 is 1.84 bits per heavy atom. The van der Waals surface area contributed by atoms with Crippen LogP contribution in [0.2, 0.25) is 0 Å². The van der Waals surface area contributed by atoms with Crippen molar-refractivity contribution >= 4 is 37.9 Å². The Morgan fingerprint density at radius 1 is 1.08 bits per heavy atom. The van der Waals surface area contributed by atoms with Crippen molar-refractivity contribution in [2.24, 2.45) is 0 Å². The molecule has 0 amide bonds. The number of ether oxygens (including phenoxy) is 1. The summed E-state index contributed by atoms with van der Waals surface area (Å²) in [6.07, 6.45) is 0. The fraction of sp³-hybridized carbons (Fsp3) is 0.111. The summed E-state index contributed by atoms with van der Waals surface area (Å²) >= 11 is 3.47. The van der Waals surface area contributed by atoms with Gasteiger partial charge in [-0.1, -0.05) is 28.1 Å². The zero-order valence-corrected chi connectivity index (χ0v) is 14.9. The van der Waals surface area contributed by atoms with Gasteiger partial charge >= 0.3 is 5.69 Å². The molecule has 126 valence electrons. The van der Waals surface area contributed by atoms with Gasteiger partial charge in [0.1, 0.15) is 11.3 Å². The van der Waals surface area contributed by atoms with E-state index in [1.54, 1.807) is 7.11 Å². The molecule has 2 heterocycles. The Bertz CT molecular complexity index is 1200. The zero-order chi connectivity index (χ0) is 17.6. The molecule has 0 atom stereocenters. The summed E-state index contributed by atoms with van der Waals surface area (Å²) in [5.74, 6) is 0.774. The van der Waals surface area contributed by atoms with Crippen LogP contribution < -0.4 is 16.0 Å². The molecule has 0 unspecified atom stereocenters. The molecule has 2 aromatic heterocycles. The van der Waals surface area contributed by atoms with Gasteiger partial charge in [0.25, 0.3) is 5.56 Å². The van der Waals surface area contributed by atoms with E-state index in [-0.39, 0.29) is 0 Å². The minimum Gasteiger partial charge on any atom is -0.497 e. The third kappa shape index (κ3) is 2.66. The third-order valence-electron chi connectivity index (χ3n) is 4.21. The molecular formula is C18H14BrN3O3. The number of nitrogens with one attached hydrogen (secondary N) is 2. The number of methoxy groups -OCH3 is 1. The van der Waals surface area contributed by atoms with E-state index in [9.17, 15) is 9.59 Å². The maximum absolute atomic E-state index is 12.4. The van der Waals surface area contributed by atoms with Gasteiger partial charge in [-0.2, -0.15) is 0 Å². The average molecular weight is 400 g/mol. The molecule has 0 saturated heterocycles. The fourth-order valence-electron chi connectivity index (χ4n) is 3.07. The van der Waals surface area contributed by atoms with Crippen LogP contribution in [0.3, 0.4) is 0 Å². The molecule has 0 aliphatic rings. The van der Waals surface area contributed by atoms with Crippen LogP contribution in [-0.4, -0.2) is 21.6 Å². The molecule has 2 N–H and O–H groups in total. The van der Waals surface area contributed by atoms with Crippen molar-refractivity contribution < 1.29 is 4.74 Å². The maximum Gasteiger partial charge on any atom is 0.326 e. The number of H-pyrrole nitrogens is 2. The van der Waals surface area contributed by atoms with Crippen LogP contribution in [0, 0.1) is 0 Å². The van der Waals surface area contributed by atoms with E-state index in [0.717, 1.165) is 26.7 Å². The predicted molar refractivity (Wildman–Crippen MR) is 100 cm³/mol. The molecule has 0 bridgehead atoms. The molecule has 2 aromatic carbocycles. The summed E-state index contributed by atoms with van der Waals surface area (Å²) in [5, 5.41) is 0.829. The molecule has 0 fully saturated rings. The quantitative estimate of drug-likeness (QED) is 0.555. The van der Waals surface area contributed by atoms with Gasteiger partial charge in [-0.3, -0.25) is 9.78 Å². The van der Waals surface area contributed by atoms with Gasteiger partial charge in [-0.15, -0.1) is 0 Å². The zero-order valence-electron chi connectivity index (χ0n) is 13.3. The molecule has 0 aliphatic heterocycles. The van der Waals surface area contributed by atoms with Gasteiger partial charge in [-0.25, -0.2) is 4.79 Å². The van der Waals surface area contributed by atoms with Crippen LogP contribution in [0.5, 0.6) is 5.75 Å². The first-order valence-electron chi connectivity index (χ1n) is 7.64. The number of benzene rings is 2. The highest BCUT2D eigenvalue weighted by atomic mass is 79.9. The van der Waals surface area contributed by atoms with Gasteiger partial charge in [-0.05, 0) is 35.9 Å². The van der Waals surface area contributed by atoms with Gasteiger partial charge in [0.05, 0.1) is 18.1 Å². The van der Waals surface area contributed by atoms with E-state index < -0.39 is 11.2 Å². The smallest absolute Gasteiger partial charge is 0.326 e. The minimum absolute atomic E-state index is 0.403. The molecule has 4 rings (SSSR count). The second-order valence-corrected chi connectivity index (χ2v) is 6.64. The topological polar surface area (TPSA) is 79.9 Å². The van der Waals surface area contributed by atoms with Crippen LogP contribution in [-0.2, 0) is 6.54 Å². The fourth-order valence-corrected chi connectivity index (χ4v) is 3.42. The second-order valence-electron chi connectivity index (χ2n) is 5.73. The number of aromatic amines is 2. The first-order valence-corrected chi connectivity index (χ1v) is 8.43. The summed E-state index contributed by atoms with van der Waals surface area (Å²) in [4.78, 5) is 29.2. The van der Waals surface area contributed by atoms with Crippen LogP contribution in [0.4, 0.5) is 0 Å². The number of aromatic nitrogens is 3. The first kappa shape index (κ1) is 15.7. The lowest BCUT2D eigenvalue weighted by molar-refractivity contribution is 0.414. The highest BCUT2D eigenvalue weighted by Crippen LogP contribution is 2.28. The lowest BCUT2D eigenvalue weighted by Crippen LogP contribution is -2.23. The van der Waals surface area contributed by atoms with E-state index >= 15 is 0 Å². The van der Waals surface area contributed by atoms with Gasteiger partial charge in [0.15, 0.2) is 0 Å². The molecular weight excluding hydrogens is 386 g/mol. The molecule has 0 radical (unpaired) electrons.